The maximum Gasteiger partial charge on any atom is 0.430 e. The lowest BCUT2D eigenvalue weighted by molar-refractivity contribution is -0.344. The molecule has 0 radical (unpaired) electrons. The van der Waals surface area contributed by atoms with Crippen molar-refractivity contribution in [2.24, 2.45) is 0 Å². The van der Waals surface area contributed by atoms with Crippen LogP contribution in [0.2, 0.25) is 0 Å². The fourth-order valence-electron chi connectivity index (χ4n) is 1.71. The normalized spacial score (nSPS) is 11.7. The predicted octanol–water partition coefficient (Wildman–Crippen LogP) is 2.38. The second-order valence-corrected chi connectivity index (χ2v) is 7.27. The lowest BCUT2D eigenvalue weighted by atomic mass is 10.1. The number of carboxylic acids is 1. The molecule has 3 nitrogen and oxygen atoms in total. The number of carboxylic acid groups (broad SMARTS) is 1. The molecule has 0 amide bonds. The van der Waals surface area contributed by atoms with Gasteiger partial charge in [-0.3, -0.25) is 0 Å². The fraction of sp³-hybridized carbons (Fsp3) is 0.500. The molecule has 0 aromatic heterocycles. The average molecular weight is 323 g/mol. The molecule has 0 aliphatic heterocycles. The highest BCUT2D eigenvalue weighted by Crippen LogP contribution is 2.26. The number of carbonyl (C=O) groups excluding carboxylic acids is 1. The third-order valence-electron chi connectivity index (χ3n) is 2.20. The highest BCUT2D eigenvalue weighted by atomic mass is 32.2. The Kier molecular flexibility index (Phi) is 7.09. The number of hydrogen-bond donors (Lipinski definition) is 0. The molecule has 0 aliphatic rings. The van der Waals surface area contributed by atoms with Gasteiger partial charge in [0.15, 0.2) is 0 Å². The molecule has 0 atom stereocenters. The zero-order valence-corrected chi connectivity index (χ0v) is 13.5. The lowest BCUT2D eigenvalue weighted by Gasteiger charge is -2.32. The van der Waals surface area contributed by atoms with Gasteiger partial charge in [-0.15, -0.1) is 0 Å². The lowest BCUT2D eigenvalue weighted by Crippen LogP contribution is -2.44. The van der Waals surface area contributed by atoms with Gasteiger partial charge < -0.3 is 9.90 Å². The molecule has 7 heteroatoms. The number of anilines is 1. The monoisotopic (exact) mass is 323 g/mol. The molecule has 0 heterocycles. The predicted molar refractivity (Wildman–Crippen MR) is 78.9 cm³/mol. The minimum absolute atomic E-state index is 0.188. The highest BCUT2D eigenvalue weighted by molar-refractivity contribution is 7.96. The maximum absolute atomic E-state index is 10.5. The maximum atomic E-state index is 10.5. The van der Waals surface area contributed by atoms with Gasteiger partial charge in [0.25, 0.3) is 0 Å². The van der Waals surface area contributed by atoms with Crippen molar-refractivity contribution in [3.8, 4) is 0 Å². The van der Waals surface area contributed by atoms with Crippen LogP contribution in [0, 0.1) is 0 Å². The molecule has 0 saturated heterocycles. The van der Waals surface area contributed by atoms with Gasteiger partial charge in [-0.2, -0.15) is 17.5 Å². The van der Waals surface area contributed by atoms with Gasteiger partial charge in [0, 0.05) is 0 Å². The first-order chi connectivity index (χ1) is 9.37. The van der Waals surface area contributed by atoms with E-state index in [9.17, 15) is 13.2 Å². The van der Waals surface area contributed by atoms with E-state index < -0.39 is 12.1 Å². The molecule has 0 spiro atoms. The van der Waals surface area contributed by atoms with E-state index in [1.165, 1.54) is 5.69 Å². The molecule has 0 aliphatic carbocycles. The Labute approximate surface area is 126 Å². The van der Waals surface area contributed by atoms with E-state index in [-0.39, 0.29) is 16.6 Å². The summed E-state index contributed by atoms with van der Waals surface area (Å²) in [6.45, 7) is 6.77. The van der Waals surface area contributed by atoms with Crippen LogP contribution in [0.1, 0.15) is 20.8 Å². The van der Waals surface area contributed by atoms with Crippen LogP contribution in [0.4, 0.5) is 18.9 Å². The summed E-state index contributed by atoms with van der Waals surface area (Å²) in [5, 5.41) is 8.78. The molecule has 0 fully saturated rings. The van der Waals surface area contributed by atoms with E-state index >= 15 is 0 Å². The van der Waals surface area contributed by atoms with Crippen LogP contribution in [0.15, 0.2) is 30.3 Å². The van der Waals surface area contributed by atoms with Crippen LogP contribution in [0.5, 0.6) is 0 Å². The van der Waals surface area contributed by atoms with Gasteiger partial charge in [-0.05, 0) is 32.9 Å². The Morgan fingerprint density at radius 1 is 1.10 bits per heavy atom. The number of halogens is 3. The number of hydrogen-bond acceptors (Lipinski definition) is 3. The van der Waals surface area contributed by atoms with E-state index in [1.54, 1.807) is 0 Å². The Hall–Kier alpha value is -1.37. The van der Waals surface area contributed by atoms with E-state index in [2.05, 4.69) is 67.9 Å². The second kappa shape index (κ2) is 7.59. The Morgan fingerprint density at radius 2 is 1.48 bits per heavy atom. The molecule has 0 saturated carbocycles. The van der Waals surface area contributed by atoms with Crippen LogP contribution in [-0.4, -0.2) is 30.2 Å². The van der Waals surface area contributed by atoms with E-state index in [1.807, 2.05) is 0 Å². The van der Waals surface area contributed by atoms with Gasteiger partial charge in [0.05, 0.1) is 22.3 Å². The quantitative estimate of drug-likeness (QED) is 0.785. The van der Waals surface area contributed by atoms with Gasteiger partial charge in [-0.1, -0.05) is 18.2 Å². The molecule has 0 unspecified atom stereocenters. The van der Waals surface area contributed by atoms with Crippen LogP contribution < -0.4 is 9.41 Å². The van der Waals surface area contributed by atoms with E-state index in [0.29, 0.717) is 0 Å². The number of para-hydroxylation sites is 1. The van der Waals surface area contributed by atoms with Crippen LogP contribution in [0.25, 0.3) is 0 Å². The summed E-state index contributed by atoms with van der Waals surface area (Å²) in [4.78, 5) is 8.78. The molecule has 21 heavy (non-hydrogen) atoms. The van der Waals surface area contributed by atoms with Crippen molar-refractivity contribution in [1.29, 1.82) is 0 Å². The average Bonchev–Trinajstić information content (AvgIpc) is 2.27. The van der Waals surface area contributed by atoms with Crippen molar-refractivity contribution in [3.63, 3.8) is 0 Å². The van der Waals surface area contributed by atoms with Crippen molar-refractivity contribution in [2.75, 3.05) is 16.8 Å². The summed E-state index contributed by atoms with van der Waals surface area (Å²) in [6, 6.07) is 10.6. The third kappa shape index (κ3) is 7.27. The molecular formula is C14H20F3NO2S. The Bertz CT molecular complexity index is 442. The van der Waals surface area contributed by atoms with Crippen molar-refractivity contribution in [3.05, 3.63) is 30.3 Å². The van der Waals surface area contributed by atoms with Crippen LogP contribution >= 0.6 is 0 Å². The third-order valence-corrected chi connectivity index (χ3v) is 3.69. The van der Waals surface area contributed by atoms with Crippen molar-refractivity contribution < 1.29 is 23.1 Å². The van der Waals surface area contributed by atoms with Crippen molar-refractivity contribution in [1.82, 2.24) is 0 Å². The molecule has 0 bridgehead atoms. The molecule has 1 aromatic carbocycles. The summed E-state index contributed by atoms with van der Waals surface area (Å²) >= 11 is 0.260. The topological polar surface area (TPSA) is 43.4 Å². The van der Waals surface area contributed by atoms with Crippen LogP contribution in [-0.2, 0) is 15.9 Å². The zero-order chi connectivity index (χ0) is 16.8. The standard InChI is InChI=1S/C12H20NS.C2HF3O2/c1-12(2,3)13(14(4)5)11-9-7-6-8-10-11;3-2(4,5)1(6)7/h6-10H,1-5H3;(H,6,7)/q+1;/p-1. The second-order valence-electron chi connectivity index (χ2n) is 5.36. The van der Waals surface area contributed by atoms with E-state index in [4.69, 9.17) is 9.90 Å². The zero-order valence-electron chi connectivity index (χ0n) is 12.7. The highest BCUT2D eigenvalue weighted by Gasteiger charge is 2.31. The molecular weight excluding hydrogens is 303 g/mol. The summed E-state index contributed by atoms with van der Waals surface area (Å²) < 4.78 is 34.0. The van der Waals surface area contributed by atoms with Crippen molar-refractivity contribution >= 4 is 22.7 Å². The summed E-state index contributed by atoms with van der Waals surface area (Å²) in [6.07, 6.45) is -0.670. The van der Waals surface area contributed by atoms with Gasteiger partial charge in [0.1, 0.15) is 18.5 Å². The summed E-state index contributed by atoms with van der Waals surface area (Å²) in [7, 11) is 0. The Morgan fingerprint density at radius 3 is 1.71 bits per heavy atom. The summed E-state index contributed by atoms with van der Waals surface area (Å²) in [5.74, 6) is -3.01. The molecule has 1 aromatic rings. The smallest absolute Gasteiger partial charge is 0.430 e. The van der Waals surface area contributed by atoms with Gasteiger partial charge >= 0.3 is 6.18 Å². The molecule has 0 N–H and O–H groups in total. The van der Waals surface area contributed by atoms with Gasteiger partial charge in [-0.25, -0.2) is 0 Å². The summed E-state index contributed by atoms with van der Waals surface area (Å²) in [5.41, 5.74) is 1.50. The number of benzene rings is 1. The largest absolute Gasteiger partial charge is 0.542 e. The number of nitrogens with zero attached hydrogens (tertiary/aromatic N) is 1. The Balaban J connectivity index is 0.000000486. The number of alkyl halides is 3. The SMILES string of the molecule is C[S+](C)N(c1ccccc1)C(C)(C)C.O=C([O-])C(F)(F)F. The minimum Gasteiger partial charge on any atom is -0.542 e. The fourth-order valence-corrected chi connectivity index (χ4v) is 3.35. The number of rotatable bonds is 2. The minimum atomic E-state index is -5.19. The van der Waals surface area contributed by atoms with E-state index in [0.717, 1.165) is 0 Å². The first-order valence-corrected chi connectivity index (χ1v) is 8.08. The van der Waals surface area contributed by atoms with Crippen molar-refractivity contribution in [2.45, 2.75) is 32.5 Å². The molecule has 120 valence electrons. The number of aliphatic carboxylic acids is 1. The number of carbonyl (C=O) groups is 1. The first-order valence-electron chi connectivity index (χ1n) is 6.08. The first kappa shape index (κ1) is 19.6. The molecule has 1 rings (SSSR count). The van der Waals surface area contributed by atoms with Gasteiger partial charge in [0.2, 0.25) is 0 Å². The van der Waals surface area contributed by atoms with Crippen LogP contribution in [0.3, 0.4) is 0 Å².